The zero-order valence-corrected chi connectivity index (χ0v) is 10.0. The summed E-state index contributed by atoms with van der Waals surface area (Å²) in [7, 11) is 0. The van der Waals surface area contributed by atoms with Crippen molar-refractivity contribution in [3.8, 4) is 0 Å². The van der Waals surface area contributed by atoms with Crippen LogP contribution in [0.1, 0.15) is 24.2 Å². The number of benzene rings is 1. The van der Waals surface area contributed by atoms with Crippen molar-refractivity contribution < 1.29 is 13.9 Å². The number of carbonyl (C=O) groups excluding carboxylic acids is 1. The largest absolute Gasteiger partial charge is 0.372 e. The van der Waals surface area contributed by atoms with E-state index in [-0.39, 0.29) is 23.7 Å². The summed E-state index contributed by atoms with van der Waals surface area (Å²) in [6.45, 7) is 4.85. The first-order valence-corrected chi connectivity index (χ1v) is 5.77. The van der Waals surface area contributed by atoms with E-state index in [9.17, 15) is 9.18 Å². The van der Waals surface area contributed by atoms with Crippen LogP contribution in [-0.2, 0) is 4.74 Å². The van der Waals surface area contributed by atoms with Gasteiger partial charge in [0.25, 0.3) is 5.91 Å². The van der Waals surface area contributed by atoms with Gasteiger partial charge in [-0.3, -0.25) is 4.79 Å². The first-order chi connectivity index (χ1) is 8.08. The fourth-order valence-corrected chi connectivity index (χ4v) is 2.15. The molecule has 0 aliphatic carbocycles. The fraction of sp³-hybridized carbons (Fsp3) is 0.462. The van der Waals surface area contributed by atoms with E-state index in [0.717, 1.165) is 0 Å². The molecule has 0 bridgehead atoms. The van der Waals surface area contributed by atoms with Gasteiger partial charge in [0.2, 0.25) is 0 Å². The quantitative estimate of drug-likeness (QED) is 0.748. The van der Waals surface area contributed by atoms with Crippen molar-refractivity contribution in [2.45, 2.75) is 26.1 Å². The predicted molar refractivity (Wildman–Crippen MR) is 62.3 cm³/mol. The van der Waals surface area contributed by atoms with Crippen LogP contribution in [0.2, 0.25) is 0 Å². The molecule has 0 unspecified atom stereocenters. The molecular weight excluding hydrogens is 221 g/mol. The van der Waals surface area contributed by atoms with E-state index in [4.69, 9.17) is 4.74 Å². The zero-order valence-electron chi connectivity index (χ0n) is 10.0. The molecule has 3 nitrogen and oxygen atoms in total. The molecular formula is C13H16FNO2. The highest BCUT2D eigenvalue weighted by Gasteiger charge is 2.27. The molecule has 92 valence electrons. The van der Waals surface area contributed by atoms with Crippen molar-refractivity contribution >= 4 is 5.91 Å². The minimum absolute atomic E-state index is 0.00512. The van der Waals surface area contributed by atoms with Crippen LogP contribution in [0.25, 0.3) is 0 Å². The van der Waals surface area contributed by atoms with Crippen LogP contribution < -0.4 is 0 Å². The Hall–Kier alpha value is -1.42. The summed E-state index contributed by atoms with van der Waals surface area (Å²) in [4.78, 5) is 13.8. The molecule has 0 aromatic heterocycles. The molecule has 0 radical (unpaired) electrons. The molecule has 17 heavy (non-hydrogen) atoms. The van der Waals surface area contributed by atoms with Crippen molar-refractivity contribution in [2.24, 2.45) is 0 Å². The van der Waals surface area contributed by atoms with Gasteiger partial charge < -0.3 is 9.64 Å². The van der Waals surface area contributed by atoms with E-state index >= 15 is 0 Å². The molecule has 0 spiro atoms. The average molecular weight is 237 g/mol. The number of amides is 1. The van der Waals surface area contributed by atoms with Crippen LogP contribution in [-0.4, -0.2) is 36.1 Å². The minimum atomic E-state index is -0.468. The van der Waals surface area contributed by atoms with E-state index in [1.807, 2.05) is 13.8 Å². The number of nitrogens with zero attached hydrogens (tertiary/aromatic N) is 1. The lowest BCUT2D eigenvalue weighted by molar-refractivity contribution is -0.0587. The first kappa shape index (κ1) is 12.0. The molecule has 2 atom stereocenters. The van der Waals surface area contributed by atoms with Crippen molar-refractivity contribution in [1.29, 1.82) is 0 Å². The topological polar surface area (TPSA) is 29.5 Å². The molecule has 1 aliphatic rings. The Morgan fingerprint density at radius 2 is 1.88 bits per heavy atom. The third kappa shape index (κ3) is 2.64. The van der Waals surface area contributed by atoms with Gasteiger partial charge in [-0.05, 0) is 26.0 Å². The van der Waals surface area contributed by atoms with E-state index in [0.29, 0.717) is 13.1 Å². The monoisotopic (exact) mass is 237 g/mol. The summed E-state index contributed by atoms with van der Waals surface area (Å²) in [6, 6.07) is 6.07. The Bertz CT molecular complexity index is 412. The summed E-state index contributed by atoms with van der Waals surface area (Å²) in [5.41, 5.74) is 0.133. The Morgan fingerprint density at radius 3 is 2.47 bits per heavy atom. The van der Waals surface area contributed by atoms with Gasteiger partial charge in [-0.2, -0.15) is 0 Å². The summed E-state index contributed by atoms with van der Waals surface area (Å²) in [5, 5.41) is 0. The maximum atomic E-state index is 13.5. The Morgan fingerprint density at radius 1 is 1.29 bits per heavy atom. The van der Waals surface area contributed by atoms with Crippen LogP contribution >= 0.6 is 0 Å². The number of halogens is 1. The van der Waals surface area contributed by atoms with Gasteiger partial charge >= 0.3 is 0 Å². The number of rotatable bonds is 1. The molecule has 4 heteroatoms. The zero-order chi connectivity index (χ0) is 12.4. The molecule has 0 saturated carbocycles. The Kier molecular flexibility index (Phi) is 3.43. The van der Waals surface area contributed by atoms with Crippen molar-refractivity contribution in [3.63, 3.8) is 0 Å². The number of hydrogen-bond acceptors (Lipinski definition) is 2. The third-order valence-electron chi connectivity index (χ3n) is 2.81. The molecule has 1 amide bonds. The van der Waals surface area contributed by atoms with E-state index in [2.05, 4.69) is 0 Å². The second kappa shape index (κ2) is 4.84. The maximum Gasteiger partial charge on any atom is 0.257 e. The molecule has 0 N–H and O–H groups in total. The predicted octanol–water partition coefficient (Wildman–Crippen LogP) is 2.08. The minimum Gasteiger partial charge on any atom is -0.372 e. The lowest BCUT2D eigenvalue weighted by Crippen LogP contribution is -2.48. The van der Waals surface area contributed by atoms with Gasteiger partial charge in [-0.1, -0.05) is 12.1 Å². The molecule has 1 saturated heterocycles. The average Bonchev–Trinajstić information content (AvgIpc) is 2.27. The van der Waals surface area contributed by atoms with Crippen LogP contribution in [0.3, 0.4) is 0 Å². The number of ether oxygens (including phenoxy) is 1. The molecule has 2 rings (SSSR count). The number of carbonyl (C=O) groups is 1. The van der Waals surface area contributed by atoms with E-state index in [1.54, 1.807) is 17.0 Å². The molecule has 1 aromatic carbocycles. The summed E-state index contributed by atoms with van der Waals surface area (Å²) >= 11 is 0. The highest BCUT2D eigenvalue weighted by atomic mass is 19.1. The SMILES string of the molecule is C[C@H]1CN(C(=O)c2ccccc2F)C[C@H](C)O1. The molecule has 1 aliphatic heterocycles. The van der Waals surface area contributed by atoms with Gasteiger partial charge in [-0.25, -0.2) is 4.39 Å². The van der Waals surface area contributed by atoms with E-state index in [1.165, 1.54) is 12.1 Å². The van der Waals surface area contributed by atoms with Crippen molar-refractivity contribution in [1.82, 2.24) is 4.90 Å². The molecule has 1 aromatic rings. The normalized spacial score (nSPS) is 24.8. The Labute approximate surface area is 100 Å². The lowest BCUT2D eigenvalue weighted by Gasteiger charge is -2.35. The van der Waals surface area contributed by atoms with Crippen LogP contribution in [0, 0.1) is 5.82 Å². The van der Waals surface area contributed by atoms with Gasteiger partial charge in [0.15, 0.2) is 0 Å². The standard InChI is InChI=1S/C13H16FNO2/c1-9-7-15(8-10(2)17-9)13(16)11-5-3-4-6-12(11)14/h3-6,9-10H,7-8H2,1-2H3/t9-,10-/m0/s1. The summed E-state index contributed by atoms with van der Waals surface area (Å²) < 4.78 is 19.1. The van der Waals surface area contributed by atoms with Gasteiger partial charge in [-0.15, -0.1) is 0 Å². The summed E-state index contributed by atoms with van der Waals surface area (Å²) in [6.07, 6.45) is -0.0102. The molecule has 1 heterocycles. The van der Waals surface area contributed by atoms with Crippen molar-refractivity contribution in [3.05, 3.63) is 35.6 Å². The number of morpholine rings is 1. The lowest BCUT2D eigenvalue weighted by atomic mass is 10.1. The third-order valence-corrected chi connectivity index (χ3v) is 2.81. The van der Waals surface area contributed by atoms with Gasteiger partial charge in [0, 0.05) is 13.1 Å². The van der Waals surface area contributed by atoms with Crippen LogP contribution in [0.15, 0.2) is 24.3 Å². The van der Waals surface area contributed by atoms with Gasteiger partial charge in [0.05, 0.1) is 17.8 Å². The van der Waals surface area contributed by atoms with Crippen molar-refractivity contribution in [2.75, 3.05) is 13.1 Å². The van der Waals surface area contributed by atoms with Crippen LogP contribution in [0.5, 0.6) is 0 Å². The second-order valence-electron chi connectivity index (χ2n) is 4.45. The first-order valence-electron chi connectivity index (χ1n) is 5.77. The fourth-order valence-electron chi connectivity index (χ4n) is 2.15. The molecule has 1 fully saturated rings. The van der Waals surface area contributed by atoms with Crippen LogP contribution in [0.4, 0.5) is 4.39 Å². The summed E-state index contributed by atoms with van der Waals surface area (Å²) in [5.74, 6) is -0.727. The Balaban J connectivity index is 2.17. The maximum absolute atomic E-state index is 13.5. The second-order valence-corrected chi connectivity index (χ2v) is 4.45. The smallest absolute Gasteiger partial charge is 0.257 e. The highest BCUT2D eigenvalue weighted by Crippen LogP contribution is 2.16. The highest BCUT2D eigenvalue weighted by molar-refractivity contribution is 5.94. The van der Waals surface area contributed by atoms with E-state index < -0.39 is 5.82 Å². The van der Waals surface area contributed by atoms with Gasteiger partial charge in [0.1, 0.15) is 5.82 Å². The number of hydrogen-bond donors (Lipinski definition) is 0.